The van der Waals surface area contributed by atoms with Crippen molar-refractivity contribution in [2.24, 2.45) is 0 Å². The lowest BCUT2D eigenvalue weighted by molar-refractivity contribution is 0.0940. The number of anilines is 1. The van der Waals surface area contributed by atoms with Crippen molar-refractivity contribution in [1.29, 1.82) is 0 Å². The molecule has 2 aromatic carbocycles. The monoisotopic (exact) mass is 416 g/mol. The molecule has 1 N–H and O–H groups in total. The summed E-state index contributed by atoms with van der Waals surface area (Å²) in [7, 11) is 0. The van der Waals surface area contributed by atoms with Crippen molar-refractivity contribution in [2.45, 2.75) is 26.3 Å². The molecule has 2 heterocycles. The Hall–Kier alpha value is -3.25. The topological polar surface area (TPSA) is 67.4 Å². The first-order valence-corrected chi connectivity index (χ1v) is 10.8. The highest BCUT2D eigenvalue weighted by Crippen LogP contribution is 2.27. The van der Waals surface area contributed by atoms with Crippen LogP contribution in [-0.2, 0) is 11.2 Å². The molecule has 1 amide bonds. The van der Waals surface area contributed by atoms with Crippen LogP contribution in [0.1, 0.15) is 41.4 Å². The van der Waals surface area contributed by atoms with E-state index in [1.54, 1.807) is 12.4 Å². The molecular weight excluding hydrogens is 388 g/mol. The van der Waals surface area contributed by atoms with Gasteiger partial charge in [0.15, 0.2) is 5.82 Å². The molecular formula is C25H28N4O2. The highest BCUT2D eigenvalue weighted by Gasteiger charge is 2.18. The molecule has 0 bridgehead atoms. The van der Waals surface area contributed by atoms with Gasteiger partial charge < -0.3 is 15.0 Å². The van der Waals surface area contributed by atoms with Gasteiger partial charge in [-0.05, 0) is 36.6 Å². The van der Waals surface area contributed by atoms with Gasteiger partial charge in [0.1, 0.15) is 5.69 Å². The molecule has 1 saturated heterocycles. The summed E-state index contributed by atoms with van der Waals surface area (Å²) >= 11 is 0. The van der Waals surface area contributed by atoms with Crippen molar-refractivity contribution in [3.05, 3.63) is 77.6 Å². The Morgan fingerprint density at radius 3 is 2.39 bits per heavy atom. The van der Waals surface area contributed by atoms with Gasteiger partial charge in [-0.1, -0.05) is 43.3 Å². The van der Waals surface area contributed by atoms with Crippen molar-refractivity contribution in [3.63, 3.8) is 0 Å². The molecule has 1 aliphatic rings. The lowest BCUT2D eigenvalue weighted by Crippen LogP contribution is -2.37. The summed E-state index contributed by atoms with van der Waals surface area (Å²) in [4.78, 5) is 24.1. The first kappa shape index (κ1) is 21.0. The number of hydrogen-bond donors (Lipinski definition) is 1. The fourth-order valence-corrected chi connectivity index (χ4v) is 3.73. The predicted molar refractivity (Wildman–Crippen MR) is 122 cm³/mol. The average Bonchev–Trinajstić information content (AvgIpc) is 2.84. The van der Waals surface area contributed by atoms with Crippen LogP contribution in [0.25, 0.3) is 11.3 Å². The van der Waals surface area contributed by atoms with Crippen LogP contribution >= 0.6 is 0 Å². The third-order valence-corrected chi connectivity index (χ3v) is 5.65. The van der Waals surface area contributed by atoms with Crippen LogP contribution in [0.3, 0.4) is 0 Å². The normalized spacial score (nSPS) is 14.8. The molecule has 3 aromatic rings. The number of nitrogens with one attached hydrogen (secondary N) is 1. The maximum Gasteiger partial charge on any atom is 0.251 e. The Bertz CT molecular complexity index is 1010. The Balaban J connectivity index is 1.47. The fourth-order valence-electron chi connectivity index (χ4n) is 3.73. The second kappa shape index (κ2) is 9.71. The number of aryl methyl sites for hydroxylation is 1. The van der Waals surface area contributed by atoms with Gasteiger partial charge in [0, 0.05) is 36.6 Å². The number of hydrogen-bond acceptors (Lipinski definition) is 5. The number of aromatic nitrogens is 2. The zero-order chi connectivity index (χ0) is 21.6. The molecule has 0 saturated carbocycles. The minimum absolute atomic E-state index is 0.0639. The molecule has 1 aliphatic heterocycles. The molecule has 1 unspecified atom stereocenters. The summed E-state index contributed by atoms with van der Waals surface area (Å²) in [6, 6.07) is 15.9. The molecule has 1 aromatic heterocycles. The fraction of sp³-hybridized carbons (Fsp3) is 0.320. The lowest BCUT2D eigenvalue weighted by Gasteiger charge is -2.28. The minimum atomic E-state index is -0.0915. The Kier molecular flexibility index (Phi) is 6.57. The quantitative estimate of drug-likeness (QED) is 0.657. The van der Waals surface area contributed by atoms with E-state index in [1.807, 2.05) is 31.2 Å². The lowest BCUT2D eigenvalue weighted by atomic mass is 10.0. The van der Waals surface area contributed by atoms with Gasteiger partial charge in [-0.25, -0.2) is 4.98 Å². The van der Waals surface area contributed by atoms with Crippen LogP contribution in [0, 0.1) is 0 Å². The zero-order valence-electron chi connectivity index (χ0n) is 18.0. The number of benzene rings is 2. The van der Waals surface area contributed by atoms with E-state index < -0.39 is 0 Å². The Morgan fingerprint density at radius 1 is 1.03 bits per heavy atom. The number of ether oxygens (including phenoxy) is 1. The van der Waals surface area contributed by atoms with E-state index in [1.165, 1.54) is 5.56 Å². The number of rotatable bonds is 6. The highest BCUT2D eigenvalue weighted by molar-refractivity contribution is 5.95. The maximum atomic E-state index is 12.8. The second-order valence-corrected chi connectivity index (χ2v) is 7.70. The summed E-state index contributed by atoms with van der Waals surface area (Å²) in [5.74, 6) is 0.762. The molecule has 6 heteroatoms. The summed E-state index contributed by atoms with van der Waals surface area (Å²) in [6.07, 6.45) is 4.42. The zero-order valence-corrected chi connectivity index (χ0v) is 18.0. The molecule has 1 fully saturated rings. The third kappa shape index (κ3) is 4.91. The van der Waals surface area contributed by atoms with Gasteiger partial charge in [0.2, 0.25) is 0 Å². The number of morpholine rings is 1. The number of nitrogens with zero attached hydrogens (tertiary/aromatic N) is 3. The second-order valence-electron chi connectivity index (χ2n) is 7.70. The molecule has 0 aliphatic carbocycles. The van der Waals surface area contributed by atoms with Crippen LogP contribution < -0.4 is 10.2 Å². The average molecular weight is 417 g/mol. The number of carbonyl (C=O) groups excluding carboxylic acids is 1. The number of amides is 1. The van der Waals surface area contributed by atoms with Gasteiger partial charge >= 0.3 is 0 Å². The molecule has 160 valence electrons. The van der Waals surface area contributed by atoms with Crippen LogP contribution in [0.15, 0.2) is 60.9 Å². The molecule has 4 rings (SSSR count). The smallest absolute Gasteiger partial charge is 0.251 e. The van der Waals surface area contributed by atoms with Gasteiger partial charge in [-0.3, -0.25) is 9.78 Å². The van der Waals surface area contributed by atoms with Gasteiger partial charge in [-0.15, -0.1) is 0 Å². The summed E-state index contributed by atoms with van der Waals surface area (Å²) < 4.78 is 5.45. The largest absolute Gasteiger partial charge is 0.378 e. The highest BCUT2D eigenvalue weighted by atomic mass is 16.5. The van der Waals surface area contributed by atoms with E-state index in [0.29, 0.717) is 18.8 Å². The summed E-state index contributed by atoms with van der Waals surface area (Å²) in [6.45, 7) is 7.10. The van der Waals surface area contributed by atoms with E-state index >= 15 is 0 Å². The Morgan fingerprint density at radius 2 is 1.71 bits per heavy atom. The number of carbonyl (C=O) groups is 1. The molecule has 0 spiro atoms. The van der Waals surface area contributed by atoms with Gasteiger partial charge in [0.05, 0.1) is 19.3 Å². The Labute approximate surface area is 183 Å². The molecule has 1 atom stereocenters. The summed E-state index contributed by atoms with van der Waals surface area (Å²) in [5, 5.41) is 3.08. The van der Waals surface area contributed by atoms with Crippen molar-refractivity contribution in [3.8, 4) is 11.3 Å². The van der Waals surface area contributed by atoms with Crippen LogP contribution in [0.2, 0.25) is 0 Å². The first-order chi connectivity index (χ1) is 15.2. The predicted octanol–water partition coefficient (Wildman–Crippen LogP) is 4.03. The standard InChI is InChI=1S/C25H28N4O2/c1-3-19-4-6-20(7-5-19)18(2)28-25(30)22-10-8-21(9-11-22)23-24(27-13-12-26-23)29-14-16-31-17-15-29/h4-13,18H,3,14-17H2,1-2H3,(H,28,30). The van der Waals surface area contributed by atoms with E-state index in [-0.39, 0.29) is 11.9 Å². The van der Waals surface area contributed by atoms with E-state index in [2.05, 4.69) is 51.4 Å². The van der Waals surface area contributed by atoms with E-state index in [4.69, 9.17) is 4.74 Å². The van der Waals surface area contributed by atoms with Crippen molar-refractivity contribution in [2.75, 3.05) is 31.2 Å². The third-order valence-electron chi connectivity index (χ3n) is 5.65. The van der Waals surface area contributed by atoms with Gasteiger partial charge in [0.25, 0.3) is 5.91 Å². The van der Waals surface area contributed by atoms with E-state index in [9.17, 15) is 4.79 Å². The van der Waals surface area contributed by atoms with Gasteiger partial charge in [-0.2, -0.15) is 0 Å². The maximum absolute atomic E-state index is 12.8. The van der Waals surface area contributed by atoms with Crippen molar-refractivity contribution >= 4 is 11.7 Å². The SMILES string of the molecule is CCc1ccc(C(C)NC(=O)c2ccc(-c3nccnc3N3CCOCC3)cc2)cc1. The van der Waals surface area contributed by atoms with Crippen LogP contribution in [0.4, 0.5) is 5.82 Å². The van der Waals surface area contributed by atoms with Crippen LogP contribution in [0.5, 0.6) is 0 Å². The molecule has 6 nitrogen and oxygen atoms in total. The van der Waals surface area contributed by atoms with Crippen molar-refractivity contribution < 1.29 is 9.53 Å². The summed E-state index contributed by atoms with van der Waals surface area (Å²) in [5.41, 5.74) is 4.77. The van der Waals surface area contributed by atoms with Crippen LogP contribution in [-0.4, -0.2) is 42.2 Å². The van der Waals surface area contributed by atoms with E-state index in [0.717, 1.165) is 42.1 Å². The minimum Gasteiger partial charge on any atom is -0.378 e. The molecule has 31 heavy (non-hydrogen) atoms. The van der Waals surface area contributed by atoms with Crippen molar-refractivity contribution in [1.82, 2.24) is 15.3 Å². The molecule has 0 radical (unpaired) electrons. The first-order valence-electron chi connectivity index (χ1n) is 10.8.